The van der Waals surface area contributed by atoms with Crippen LogP contribution in [0.2, 0.25) is 0 Å². The number of aromatic hydroxyl groups is 1. The number of pyridine rings is 2. The van der Waals surface area contributed by atoms with E-state index >= 15 is 4.39 Å². The molecule has 8 nitrogen and oxygen atoms in total. The first kappa shape index (κ1) is 25.1. The van der Waals surface area contributed by atoms with E-state index < -0.39 is 17.8 Å². The van der Waals surface area contributed by atoms with E-state index in [2.05, 4.69) is 38.5 Å². The number of piperidine rings is 1. The van der Waals surface area contributed by atoms with Gasteiger partial charge in [0.25, 0.3) is 0 Å². The first-order chi connectivity index (χ1) is 17.5. The Morgan fingerprint density at radius 1 is 1.14 bits per heavy atom. The summed E-state index contributed by atoms with van der Waals surface area (Å²) in [6, 6.07) is 7.05. The Kier molecular flexibility index (Phi) is 6.14. The maximum Gasteiger partial charge on any atom is 0.233 e. The number of halogens is 1. The summed E-state index contributed by atoms with van der Waals surface area (Å²) in [6.07, 6.45) is 5.15. The molecule has 4 aromatic rings. The highest BCUT2D eigenvalue weighted by Crippen LogP contribution is 2.34. The van der Waals surface area contributed by atoms with Crippen molar-refractivity contribution in [2.75, 3.05) is 0 Å². The molecule has 0 amide bonds. The Morgan fingerprint density at radius 2 is 1.92 bits per heavy atom. The minimum atomic E-state index is -1.21. The number of nitrogens with one attached hydrogen (secondary N) is 1. The van der Waals surface area contributed by atoms with Crippen molar-refractivity contribution in [3.05, 3.63) is 54.1 Å². The predicted octanol–water partition coefficient (Wildman–Crippen LogP) is 5.07. The quantitative estimate of drug-likeness (QED) is 0.392. The van der Waals surface area contributed by atoms with Gasteiger partial charge in [-0.3, -0.25) is 0 Å². The summed E-state index contributed by atoms with van der Waals surface area (Å²) >= 11 is 0. The predicted molar refractivity (Wildman–Crippen MR) is 140 cm³/mol. The van der Waals surface area contributed by atoms with Crippen molar-refractivity contribution in [2.24, 2.45) is 0 Å². The molecule has 4 aromatic heterocycles. The third-order valence-corrected chi connectivity index (χ3v) is 6.87. The monoisotopic (exact) mass is 504 g/mol. The first-order valence-corrected chi connectivity index (χ1v) is 12.6. The van der Waals surface area contributed by atoms with E-state index in [1.54, 1.807) is 24.4 Å². The second kappa shape index (κ2) is 9.06. The number of imidazole rings is 1. The van der Waals surface area contributed by atoms with E-state index in [4.69, 9.17) is 4.74 Å². The van der Waals surface area contributed by atoms with Crippen LogP contribution in [0.5, 0.6) is 11.6 Å². The van der Waals surface area contributed by atoms with Crippen LogP contribution in [-0.2, 0) is 6.42 Å². The number of rotatable bonds is 5. The van der Waals surface area contributed by atoms with Crippen molar-refractivity contribution in [2.45, 2.75) is 77.7 Å². The van der Waals surface area contributed by atoms with Crippen molar-refractivity contribution in [3.63, 3.8) is 0 Å². The average Bonchev–Trinajstić information content (AvgIpc) is 3.21. The SMILES string of the molecule is CCc1cc(-c2cnc(-c3ccc(O[C@@H]4CC(C)(C)NC(C)(C)[C@H]4F)nn3)c(O)c2)cn2cc(C)nc12. The van der Waals surface area contributed by atoms with Gasteiger partial charge in [-0.05, 0) is 64.8 Å². The van der Waals surface area contributed by atoms with E-state index in [1.807, 2.05) is 51.4 Å². The number of alkyl halides is 1. The van der Waals surface area contributed by atoms with Crippen molar-refractivity contribution >= 4 is 5.65 Å². The molecule has 0 aromatic carbocycles. The van der Waals surface area contributed by atoms with Crippen LogP contribution in [0.4, 0.5) is 4.39 Å². The topological polar surface area (TPSA) is 97.5 Å². The lowest BCUT2D eigenvalue weighted by atomic mass is 9.79. The number of hydrogen-bond acceptors (Lipinski definition) is 7. The van der Waals surface area contributed by atoms with Gasteiger partial charge in [-0.2, -0.15) is 0 Å². The smallest absolute Gasteiger partial charge is 0.233 e. The molecule has 2 N–H and O–H groups in total. The molecule has 1 aliphatic heterocycles. The third-order valence-electron chi connectivity index (χ3n) is 6.87. The van der Waals surface area contributed by atoms with Crippen LogP contribution in [-0.4, -0.2) is 53.0 Å². The summed E-state index contributed by atoms with van der Waals surface area (Å²) in [5.41, 5.74) is 4.42. The standard InChI is InChI=1S/C28H33FN6O2/c1-7-17-10-19(15-35-14-16(2)31-26(17)35)18-11-21(36)24(30-13-18)20-8-9-23(33-32-20)37-22-12-27(3,4)34-28(5,6)25(22)29/h8-11,13-15,22,25,34,36H,7,12H2,1-6H3/t22-,25+/m1/s1. The summed E-state index contributed by atoms with van der Waals surface area (Å²) in [5.74, 6) is 0.225. The lowest BCUT2D eigenvalue weighted by Crippen LogP contribution is -2.66. The number of hydrogen-bond donors (Lipinski definition) is 2. The van der Waals surface area contributed by atoms with Crippen LogP contribution in [0.25, 0.3) is 28.2 Å². The van der Waals surface area contributed by atoms with Crippen LogP contribution in [0, 0.1) is 6.92 Å². The van der Waals surface area contributed by atoms with Crippen LogP contribution in [0.15, 0.2) is 42.9 Å². The van der Waals surface area contributed by atoms with Gasteiger partial charge in [0.1, 0.15) is 28.9 Å². The van der Waals surface area contributed by atoms with Crippen molar-refractivity contribution < 1.29 is 14.2 Å². The van der Waals surface area contributed by atoms with Gasteiger partial charge in [0.05, 0.1) is 5.69 Å². The van der Waals surface area contributed by atoms with E-state index in [1.165, 1.54) is 0 Å². The molecule has 9 heteroatoms. The molecule has 1 aliphatic rings. The van der Waals surface area contributed by atoms with Gasteiger partial charge in [-0.15, -0.1) is 10.2 Å². The first-order valence-electron chi connectivity index (χ1n) is 12.6. The van der Waals surface area contributed by atoms with Crippen molar-refractivity contribution in [1.29, 1.82) is 0 Å². The zero-order valence-electron chi connectivity index (χ0n) is 22.1. The van der Waals surface area contributed by atoms with Crippen molar-refractivity contribution in [1.82, 2.24) is 29.9 Å². The summed E-state index contributed by atoms with van der Waals surface area (Å²) < 4.78 is 23.0. The zero-order valence-corrected chi connectivity index (χ0v) is 22.1. The van der Waals surface area contributed by atoms with Gasteiger partial charge in [-0.1, -0.05) is 6.92 Å². The minimum absolute atomic E-state index is 0.00824. The lowest BCUT2D eigenvalue weighted by molar-refractivity contribution is -0.0281. The van der Waals surface area contributed by atoms with Crippen LogP contribution < -0.4 is 10.1 Å². The van der Waals surface area contributed by atoms with Gasteiger partial charge in [0.2, 0.25) is 5.88 Å². The molecule has 1 fully saturated rings. The Bertz CT molecular complexity index is 1450. The molecule has 0 spiro atoms. The summed E-state index contributed by atoms with van der Waals surface area (Å²) in [4.78, 5) is 9.08. The molecule has 5 heterocycles. The van der Waals surface area contributed by atoms with Gasteiger partial charge in [-0.25, -0.2) is 14.4 Å². The third kappa shape index (κ3) is 4.87. The second-order valence-corrected chi connectivity index (χ2v) is 11.1. The molecule has 194 valence electrons. The van der Waals surface area contributed by atoms with Gasteiger partial charge in [0.15, 0.2) is 6.17 Å². The number of aromatic nitrogens is 5. The Labute approximate surface area is 216 Å². The summed E-state index contributed by atoms with van der Waals surface area (Å²) in [7, 11) is 0. The van der Waals surface area contributed by atoms with Crippen LogP contribution in [0.1, 0.15) is 52.3 Å². The molecule has 5 rings (SSSR count). The van der Waals surface area contributed by atoms with Gasteiger partial charge in [0, 0.05) is 53.3 Å². The molecule has 0 bridgehead atoms. The fourth-order valence-electron chi connectivity index (χ4n) is 5.35. The highest BCUT2D eigenvalue weighted by atomic mass is 19.1. The molecule has 0 unspecified atom stereocenters. The zero-order chi connectivity index (χ0) is 26.5. The number of aryl methyl sites for hydroxylation is 2. The normalized spacial score (nSPS) is 20.7. The second-order valence-electron chi connectivity index (χ2n) is 11.1. The molecule has 0 radical (unpaired) electrons. The number of fused-ring (bicyclic) bond motifs is 1. The molecule has 0 saturated carbocycles. The molecular weight excluding hydrogens is 471 g/mol. The fourth-order valence-corrected chi connectivity index (χ4v) is 5.35. The molecule has 1 saturated heterocycles. The molecular formula is C28H33FN6O2. The highest BCUT2D eigenvalue weighted by Gasteiger charge is 2.47. The van der Waals surface area contributed by atoms with E-state index in [0.717, 1.165) is 34.5 Å². The Hall–Kier alpha value is -3.59. The molecule has 0 aliphatic carbocycles. The largest absolute Gasteiger partial charge is 0.506 e. The maximum atomic E-state index is 15.1. The number of ether oxygens (including phenoxy) is 1. The van der Waals surface area contributed by atoms with Crippen LogP contribution in [0.3, 0.4) is 0 Å². The molecule has 37 heavy (non-hydrogen) atoms. The lowest BCUT2D eigenvalue weighted by Gasteiger charge is -2.48. The fraction of sp³-hybridized carbons (Fsp3) is 0.429. The molecule has 2 atom stereocenters. The minimum Gasteiger partial charge on any atom is -0.506 e. The summed E-state index contributed by atoms with van der Waals surface area (Å²) in [5, 5.41) is 22.5. The Morgan fingerprint density at radius 3 is 2.59 bits per heavy atom. The van der Waals surface area contributed by atoms with E-state index in [0.29, 0.717) is 17.8 Å². The Balaban J connectivity index is 1.38. The van der Waals surface area contributed by atoms with Crippen LogP contribution >= 0.6 is 0 Å². The highest BCUT2D eigenvalue weighted by molar-refractivity contribution is 5.72. The van der Waals surface area contributed by atoms with Gasteiger partial charge < -0.3 is 19.6 Å². The summed E-state index contributed by atoms with van der Waals surface area (Å²) in [6.45, 7) is 11.8. The average molecular weight is 505 g/mol. The number of nitrogens with zero attached hydrogens (tertiary/aromatic N) is 5. The van der Waals surface area contributed by atoms with Gasteiger partial charge >= 0.3 is 0 Å². The van der Waals surface area contributed by atoms with Crippen molar-refractivity contribution in [3.8, 4) is 34.1 Å². The van der Waals surface area contributed by atoms with E-state index in [-0.39, 0.29) is 17.2 Å². The maximum absolute atomic E-state index is 15.1. The van der Waals surface area contributed by atoms with E-state index in [9.17, 15) is 5.11 Å².